The van der Waals surface area contributed by atoms with Crippen molar-refractivity contribution in [1.29, 1.82) is 0 Å². The van der Waals surface area contributed by atoms with Gasteiger partial charge in [-0.3, -0.25) is 4.68 Å². The second kappa shape index (κ2) is 6.56. The van der Waals surface area contributed by atoms with Crippen LogP contribution in [0.15, 0.2) is 36.5 Å². The normalized spacial score (nSPS) is 16.9. The number of nitrogens with one attached hydrogen (secondary N) is 1. The summed E-state index contributed by atoms with van der Waals surface area (Å²) in [4.78, 5) is 12.6. The maximum absolute atomic E-state index is 6.37. The molecule has 0 bridgehead atoms. The van der Waals surface area contributed by atoms with E-state index >= 15 is 0 Å². The van der Waals surface area contributed by atoms with Crippen molar-refractivity contribution in [3.63, 3.8) is 0 Å². The number of hydrogen-bond acceptors (Lipinski definition) is 4. The van der Waals surface area contributed by atoms with Gasteiger partial charge in [-0.25, -0.2) is 9.97 Å². The van der Waals surface area contributed by atoms with Crippen LogP contribution >= 0.6 is 0 Å². The smallest absolute Gasteiger partial charge is 0.178 e. The van der Waals surface area contributed by atoms with E-state index < -0.39 is 0 Å². The zero-order chi connectivity index (χ0) is 19.3. The molecule has 28 heavy (non-hydrogen) atoms. The Bertz CT molecular complexity index is 1150. The van der Waals surface area contributed by atoms with Crippen LogP contribution in [0.25, 0.3) is 33.8 Å². The minimum absolute atomic E-state index is 0.148. The van der Waals surface area contributed by atoms with Crippen molar-refractivity contribution < 1.29 is 0 Å². The first-order valence-electron chi connectivity index (χ1n) is 9.84. The number of H-pyrrole nitrogens is 1. The Hall–Kier alpha value is -2.99. The maximum atomic E-state index is 6.37. The molecule has 1 atom stereocenters. The number of aromatic amines is 1. The number of aromatic nitrogens is 5. The Morgan fingerprint density at radius 2 is 2.07 bits per heavy atom. The van der Waals surface area contributed by atoms with Crippen molar-refractivity contribution in [2.75, 3.05) is 0 Å². The van der Waals surface area contributed by atoms with Gasteiger partial charge in [-0.2, -0.15) is 5.10 Å². The van der Waals surface area contributed by atoms with Gasteiger partial charge in [-0.15, -0.1) is 0 Å². The molecule has 0 amide bonds. The Morgan fingerprint density at radius 1 is 1.18 bits per heavy atom. The van der Waals surface area contributed by atoms with Crippen LogP contribution in [-0.4, -0.2) is 24.7 Å². The first-order chi connectivity index (χ1) is 13.6. The number of benzene rings is 1. The molecule has 3 N–H and O–H groups in total. The molecule has 6 nitrogen and oxygen atoms in total. The lowest BCUT2D eigenvalue weighted by Gasteiger charge is -2.14. The largest absolute Gasteiger partial charge is 0.335 e. The summed E-state index contributed by atoms with van der Waals surface area (Å²) in [6.45, 7) is 2.03. The Labute approximate surface area is 163 Å². The van der Waals surface area contributed by atoms with Crippen molar-refractivity contribution in [2.24, 2.45) is 12.8 Å². The predicted molar refractivity (Wildman–Crippen MR) is 111 cm³/mol. The lowest BCUT2D eigenvalue weighted by molar-refractivity contribution is 0.615. The third kappa shape index (κ3) is 2.81. The van der Waals surface area contributed by atoms with E-state index in [1.54, 1.807) is 0 Å². The molecule has 3 aromatic heterocycles. The molecule has 1 aromatic carbocycles. The summed E-state index contributed by atoms with van der Waals surface area (Å²) in [5, 5.41) is 4.54. The van der Waals surface area contributed by atoms with Gasteiger partial charge in [-0.1, -0.05) is 24.6 Å². The number of rotatable bonds is 2. The van der Waals surface area contributed by atoms with Gasteiger partial charge in [0, 0.05) is 30.5 Å². The molecular formula is C22H24N6. The van der Waals surface area contributed by atoms with Gasteiger partial charge in [0.2, 0.25) is 0 Å². The zero-order valence-corrected chi connectivity index (χ0v) is 16.2. The van der Waals surface area contributed by atoms with Gasteiger partial charge in [0.15, 0.2) is 11.5 Å². The second-order valence-electron chi connectivity index (χ2n) is 7.70. The predicted octanol–water partition coefficient (Wildman–Crippen LogP) is 4.06. The number of fused-ring (bicyclic) bond motifs is 2. The minimum atomic E-state index is 0.148. The Kier molecular flexibility index (Phi) is 4.02. The maximum Gasteiger partial charge on any atom is 0.178 e. The van der Waals surface area contributed by atoms with Crippen LogP contribution in [0.5, 0.6) is 0 Å². The van der Waals surface area contributed by atoms with Crippen LogP contribution in [-0.2, 0) is 13.5 Å². The summed E-state index contributed by atoms with van der Waals surface area (Å²) in [5.41, 5.74) is 14.9. The molecule has 0 saturated carbocycles. The number of nitrogens with two attached hydrogens (primary N) is 1. The Balaban J connectivity index is 1.62. The monoisotopic (exact) mass is 372 g/mol. The molecule has 3 heterocycles. The summed E-state index contributed by atoms with van der Waals surface area (Å²) in [6.07, 6.45) is 6.37. The van der Waals surface area contributed by atoms with E-state index in [9.17, 15) is 0 Å². The molecule has 0 fully saturated rings. The third-order valence-corrected chi connectivity index (χ3v) is 5.81. The molecule has 142 valence electrons. The molecule has 5 rings (SSSR count). The highest BCUT2D eigenvalue weighted by Gasteiger charge is 2.18. The number of pyridine rings is 1. The second-order valence-corrected chi connectivity index (χ2v) is 7.70. The van der Waals surface area contributed by atoms with Crippen molar-refractivity contribution in [2.45, 2.75) is 38.6 Å². The van der Waals surface area contributed by atoms with E-state index in [0.717, 1.165) is 41.1 Å². The van der Waals surface area contributed by atoms with Gasteiger partial charge in [0.25, 0.3) is 0 Å². The molecule has 1 unspecified atom stereocenters. The van der Waals surface area contributed by atoms with E-state index in [1.807, 2.05) is 37.0 Å². The van der Waals surface area contributed by atoms with Crippen molar-refractivity contribution >= 4 is 11.2 Å². The van der Waals surface area contributed by atoms with Gasteiger partial charge in [0.1, 0.15) is 5.69 Å². The molecule has 6 heteroatoms. The molecule has 4 aromatic rings. The lowest BCUT2D eigenvalue weighted by Crippen LogP contribution is -2.10. The van der Waals surface area contributed by atoms with Gasteiger partial charge < -0.3 is 10.7 Å². The molecular weight excluding hydrogens is 348 g/mol. The van der Waals surface area contributed by atoms with Gasteiger partial charge in [-0.05, 0) is 55.0 Å². The van der Waals surface area contributed by atoms with Gasteiger partial charge >= 0.3 is 0 Å². The molecule has 0 saturated heterocycles. The van der Waals surface area contributed by atoms with E-state index in [2.05, 4.69) is 38.2 Å². The highest BCUT2D eigenvalue weighted by atomic mass is 15.3. The molecule has 0 spiro atoms. The lowest BCUT2D eigenvalue weighted by atomic mass is 9.94. The third-order valence-electron chi connectivity index (χ3n) is 5.81. The minimum Gasteiger partial charge on any atom is -0.335 e. The van der Waals surface area contributed by atoms with E-state index in [1.165, 1.54) is 29.5 Å². The van der Waals surface area contributed by atoms with E-state index in [4.69, 9.17) is 5.73 Å². The standard InChI is InChI=1S/C22H24N6/c1-13-11-19(27-28(13)2)21-25-20-17(9-10-24-22(20)26-21)15-7-8-16-14(12-15)5-3-4-6-18(16)23/h7-12,18H,3-6,23H2,1-2H3,(H,24,25,26). The van der Waals surface area contributed by atoms with Gasteiger partial charge in [0.05, 0.1) is 5.52 Å². The molecule has 0 aliphatic heterocycles. The fraction of sp³-hybridized carbons (Fsp3) is 0.318. The van der Waals surface area contributed by atoms with Crippen molar-refractivity contribution in [3.05, 3.63) is 53.3 Å². The average Bonchev–Trinajstić information content (AvgIpc) is 3.22. The van der Waals surface area contributed by atoms with Crippen molar-refractivity contribution in [3.8, 4) is 22.6 Å². The van der Waals surface area contributed by atoms with Crippen LogP contribution in [0.2, 0.25) is 0 Å². The number of nitrogens with zero attached hydrogens (tertiary/aromatic N) is 4. The summed E-state index contributed by atoms with van der Waals surface area (Å²) < 4.78 is 1.85. The summed E-state index contributed by atoms with van der Waals surface area (Å²) in [7, 11) is 1.94. The van der Waals surface area contributed by atoms with Crippen molar-refractivity contribution in [1.82, 2.24) is 24.7 Å². The SMILES string of the molecule is Cc1cc(-c2nc3nccc(-c4ccc5c(c4)CCCCC5N)c3[nH]2)nn1C. The first-order valence-corrected chi connectivity index (χ1v) is 9.84. The average molecular weight is 372 g/mol. The number of aryl methyl sites for hydroxylation is 3. The first kappa shape index (κ1) is 17.1. The summed E-state index contributed by atoms with van der Waals surface area (Å²) in [6, 6.07) is 10.9. The highest BCUT2D eigenvalue weighted by Crippen LogP contribution is 2.33. The summed E-state index contributed by atoms with van der Waals surface area (Å²) in [5.74, 6) is 0.746. The van der Waals surface area contributed by atoms with Crippen LogP contribution in [0.1, 0.15) is 42.1 Å². The quantitative estimate of drug-likeness (QED) is 0.520. The van der Waals surface area contributed by atoms with E-state index in [0.29, 0.717) is 5.65 Å². The molecule has 1 aliphatic carbocycles. The van der Waals surface area contributed by atoms with Crippen LogP contribution in [0, 0.1) is 6.92 Å². The summed E-state index contributed by atoms with van der Waals surface area (Å²) >= 11 is 0. The van der Waals surface area contributed by atoms with Crippen LogP contribution in [0.3, 0.4) is 0 Å². The fourth-order valence-electron chi connectivity index (χ4n) is 4.14. The Morgan fingerprint density at radius 3 is 2.89 bits per heavy atom. The molecule has 1 aliphatic rings. The zero-order valence-electron chi connectivity index (χ0n) is 16.2. The highest BCUT2D eigenvalue weighted by molar-refractivity contribution is 5.91. The number of hydrogen-bond donors (Lipinski definition) is 2. The molecule has 0 radical (unpaired) electrons. The van der Waals surface area contributed by atoms with Crippen LogP contribution < -0.4 is 5.73 Å². The van der Waals surface area contributed by atoms with E-state index in [-0.39, 0.29) is 6.04 Å². The van der Waals surface area contributed by atoms with Crippen LogP contribution in [0.4, 0.5) is 0 Å². The fourth-order valence-corrected chi connectivity index (χ4v) is 4.14. The topological polar surface area (TPSA) is 85.4 Å². The number of imidazole rings is 1.